The molecule has 1 aliphatic carbocycles. The van der Waals surface area contributed by atoms with Gasteiger partial charge in [0.2, 0.25) is 5.96 Å². The second-order valence-corrected chi connectivity index (χ2v) is 9.26. The number of amides is 1. The van der Waals surface area contributed by atoms with Crippen LogP contribution in [0, 0.1) is 17.7 Å². The number of imidazole rings is 1. The van der Waals surface area contributed by atoms with E-state index < -0.39 is 5.82 Å². The Balaban J connectivity index is 1.68. The van der Waals surface area contributed by atoms with Crippen LogP contribution >= 0.6 is 0 Å². The number of carbonyl (C=O) groups excluding carboxylic acids is 1. The zero-order valence-electron chi connectivity index (χ0n) is 19.1. The first kappa shape index (κ1) is 21.0. The average molecular weight is 440 g/mol. The molecule has 3 aliphatic rings. The van der Waals surface area contributed by atoms with E-state index in [9.17, 15) is 9.18 Å². The Bertz CT molecular complexity index is 1090. The summed E-state index contributed by atoms with van der Waals surface area (Å²) in [6.45, 7) is 8.33. The van der Waals surface area contributed by atoms with Crippen LogP contribution in [0.5, 0.6) is 5.75 Å². The van der Waals surface area contributed by atoms with E-state index in [0.29, 0.717) is 29.9 Å². The summed E-state index contributed by atoms with van der Waals surface area (Å²) in [6, 6.07) is 4.89. The highest BCUT2D eigenvalue weighted by atomic mass is 19.1. The highest BCUT2D eigenvalue weighted by Gasteiger charge is 2.44. The van der Waals surface area contributed by atoms with Gasteiger partial charge in [-0.1, -0.05) is 20.3 Å². The molecule has 0 bridgehead atoms. The Morgan fingerprint density at radius 3 is 2.69 bits per heavy atom. The number of fused-ring (bicyclic) bond motifs is 3. The van der Waals surface area contributed by atoms with Crippen LogP contribution in [0.3, 0.4) is 0 Å². The van der Waals surface area contributed by atoms with Crippen LogP contribution in [0.1, 0.15) is 50.5 Å². The van der Waals surface area contributed by atoms with Crippen molar-refractivity contribution < 1.29 is 13.9 Å². The molecule has 1 saturated carbocycles. The predicted octanol–water partition coefficient (Wildman–Crippen LogP) is 4.17. The Morgan fingerprint density at radius 2 is 2.06 bits per heavy atom. The van der Waals surface area contributed by atoms with Crippen LogP contribution in [0.4, 0.5) is 10.2 Å². The number of benzene rings is 1. The zero-order valence-corrected chi connectivity index (χ0v) is 19.1. The van der Waals surface area contributed by atoms with Crippen molar-refractivity contribution >= 4 is 17.7 Å². The molecule has 2 aromatic rings. The van der Waals surface area contributed by atoms with Crippen LogP contribution in [-0.2, 0) is 6.54 Å². The van der Waals surface area contributed by atoms with Gasteiger partial charge in [-0.2, -0.15) is 0 Å². The number of halogens is 1. The summed E-state index contributed by atoms with van der Waals surface area (Å²) < 4.78 is 21.5. The van der Waals surface area contributed by atoms with Crippen molar-refractivity contribution in [2.24, 2.45) is 16.8 Å². The van der Waals surface area contributed by atoms with Gasteiger partial charge in [-0.25, -0.2) is 14.4 Å². The largest absolute Gasteiger partial charge is 0.494 e. The van der Waals surface area contributed by atoms with Gasteiger partial charge in [0.25, 0.3) is 5.91 Å². The molecule has 8 heteroatoms. The van der Waals surface area contributed by atoms with Crippen molar-refractivity contribution in [2.45, 2.75) is 52.6 Å². The van der Waals surface area contributed by atoms with E-state index in [1.807, 2.05) is 6.92 Å². The zero-order chi connectivity index (χ0) is 22.6. The highest BCUT2D eigenvalue weighted by Crippen LogP contribution is 2.40. The van der Waals surface area contributed by atoms with Crippen molar-refractivity contribution in [3.05, 3.63) is 29.7 Å². The number of nitrogens with zero attached hydrogens (tertiary/aromatic N) is 5. The molecule has 0 spiro atoms. The fraction of sp³-hybridized carbons (Fsp3) is 0.542. The van der Waals surface area contributed by atoms with Crippen molar-refractivity contribution in [3.63, 3.8) is 0 Å². The number of hydrogen-bond donors (Lipinski definition) is 0. The van der Waals surface area contributed by atoms with E-state index in [1.54, 1.807) is 17.0 Å². The molecule has 0 N–H and O–H groups in total. The van der Waals surface area contributed by atoms with Crippen molar-refractivity contribution in [3.8, 4) is 17.1 Å². The lowest BCUT2D eigenvalue weighted by Crippen LogP contribution is -2.51. The average Bonchev–Trinajstić information content (AvgIpc) is 3.34. The SMILES string of the molecule is CCN1C(=O)c2nc(-c3ccc(F)c(OC)c3)n(CC3CCC3)c2N2C[C@@H](C(C)C)N=C12. The monoisotopic (exact) mass is 439 g/mol. The van der Waals surface area contributed by atoms with Gasteiger partial charge in [0.05, 0.1) is 19.7 Å². The molecule has 0 saturated heterocycles. The fourth-order valence-electron chi connectivity index (χ4n) is 4.77. The minimum absolute atomic E-state index is 0.121. The van der Waals surface area contributed by atoms with Gasteiger partial charge in [-0.3, -0.25) is 14.6 Å². The van der Waals surface area contributed by atoms with Gasteiger partial charge in [0.1, 0.15) is 11.6 Å². The number of hydrogen-bond acceptors (Lipinski definition) is 5. The number of ether oxygens (including phenoxy) is 1. The van der Waals surface area contributed by atoms with E-state index in [0.717, 1.165) is 30.4 Å². The first-order chi connectivity index (χ1) is 15.4. The van der Waals surface area contributed by atoms with Crippen molar-refractivity contribution in [2.75, 3.05) is 25.1 Å². The van der Waals surface area contributed by atoms with E-state index in [-0.39, 0.29) is 17.7 Å². The lowest BCUT2D eigenvalue weighted by molar-refractivity contribution is 0.0841. The third-order valence-electron chi connectivity index (χ3n) is 6.94. The Labute approximate surface area is 187 Å². The van der Waals surface area contributed by atoms with Gasteiger partial charge in [-0.05, 0) is 49.8 Å². The minimum Gasteiger partial charge on any atom is -0.494 e. The second kappa shape index (κ2) is 7.90. The summed E-state index contributed by atoms with van der Waals surface area (Å²) in [5, 5.41) is 0. The van der Waals surface area contributed by atoms with E-state index in [4.69, 9.17) is 14.7 Å². The molecule has 1 fully saturated rings. The third kappa shape index (κ3) is 3.19. The molecular weight excluding hydrogens is 409 g/mol. The lowest BCUT2D eigenvalue weighted by Gasteiger charge is -2.35. The summed E-state index contributed by atoms with van der Waals surface area (Å²) in [5.74, 6) is 2.78. The molecule has 2 aliphatic heterocycles. The molecular formula is C24H30FN5O2. The minimum atomic E-state index is -0.417. The molecule has 7 nitrogen and oxygen atoms in total. The topological polar surface area (TPSA) is 63.0 Å². The maximum Gasteiger partial charge on any atom is 0.283 e. The Morgan fingerprint density at radius 1 is 1.28 bits per heavy atom. The fourth-order valence-corrected chi connectivity index (χ4v) is 4.77. The van der Waals surface area contributed by atoms with Gasteiger partial charge >= 0.3 is 0 Å². The molecule has 1 aromatic heterocycles. The molecule has 1 amide bonds. The lowest BCUT2D eigenvalue weighted by atomic mass is 9.85. The normalized spacial score (nSPS) is 20.4. The number of rotatable bonds is 6. The Kier molecular flexibility index (Phi) is 5.18. The summed E-state index contributed by atoms with van der Waals surface area (Å²) in [4.78, 5) is 27.1. The molecule has 3 heterocycles. The van der Waals surface area contributed by atoms with E-state index in [1.165, 1.54) is 32.4 Å². The molecule has 32 heavy (non-hydrogen) atoms. The van der Waals surface area contributed by atoms with E-state index >= 15 is 0 Å². The van der Waals surface area contributed by atoms with Crippen molar-refractivity contribution in [1.82, 2.24) is 14.5 Å². The van der Waals surface area contributed by atoms with Gasteiger partial charge in [0, 0.05) is 18.7 Å². The molecule has 1 atom stereocenters. The van der Waals surface area contributed by atoms with Crippen LogP contribution < -0.4 is 9.64 Å². The van der Waals surface area contributed by atoms with Crippen LogP contribution in [0.25, 0.3) is 11.4 Å². The van der Waals surface area contributed by atoms with Gasteiger partial charge in [-0.15, -0.1) is 0 Å². The van der Waals surface area contributed by atoms with Gasteiger partial charge in [0.15, 0.2) is 17.3 Å². The van der Waals surface area contributed by atoms with Crippen molar-refractivity contribution in [1.29, 1.82) is 0 Å². The highest BCUT2D eigenvalue weighted by molar-refractivity contribution is 6.18. The molecule has 5 rings (SSSR count). The summed E-state index contributed by atoms with van der Waals surface area (Å²) in [6.07, 6.45) is 3.57. The van der Waals surface area contributed by atoms with E-state index in [2.05, 4.69) is 23.3 Å². The summed E-state index contributed by atoms with van der Waals surface area (Å²) in [5.41, 5.74) is 1.19. The maximum atomic E-state index is 14.1. The smallest absolute Gasteiger partial charge is 0.283 e. The van der Waals surface area contributed by atoms with Crippen LogP contribution in [0.15, 0.2) is 23.2 Å². The number of aromatic nitrogens is 2. The summed E-state index contributed by atoms with van der Waals surface area (Å²) >= 11 is 0. The third-order valence-corrected chi connectivity index (χ3v) is 6.94. The molecule has 170 valence electrons. The molecule has 0 unspecified atom stereocenters. The predicted molar refractivity (Wildman–Crippen MR) is 122 cm³/mol. The number of guanidine groups is 1. The number of carbonyl (C=O) groups is 1. The first-order valence-electron chi connectivity index (χ1n) is 11.5. The number of methoxy groups -OCH3 is 1. The maximum absolute atomic E-state index is 14.1. The number of anilines is 1. The van der Waals surface area contributed by atoms with Gasteiger partial charge < -0.3 is 9.30 Å². The van der Waals surface area contributed by atoms with Crippen LogP contribution in [0.2, 0.25) is 0 Å². The summed E-state index contributed by atoms with van der Waals surface area (Å²) in [7, 11) is 1.45. The molecule has 1 aromatic carbocycles. The Hall–Kier alpha value is -2.90. The van der Waals surface area contributed by atoms with Crippen LogP contribution in [-0.4, -0.2) is 52.6 Å². The standard InChI is InChI=1S/C24H30FN5O2/c1-5-28-23(31)20-22(30-13-18(14(2)3)26-24(28)30)29(12-15-7-6-8-15)21(27-20)16-9-10-17(25)19(11-16)32-4/h9-11,14-15,18H,5-8,12-13H2,1-4H3/t18-/m0/s1. The second-order valence-electron chi connectivity index (χ2n) is 9.26. The first-order valence-corrected chi connectivity index (χ1v) is 11.5. The molecule has 0 radical (unpaired) electrons. The quantitative estimate of drug-likeness (QED) is 0.678. The number of aliphatic imine (C=N–C) groups is 1.